The molecule has 0 amide bonds. The highest BCUT2D eigenvalue weighted by Gasteiger charge is 2.47. The largest absolute Gasteiger partial charge is 0.390 e. The van der Waals surface area contributed by atoms with Gasteiger partial charge in [0.25, 0.3) is 0 Å². The van der Waals surface area contributed by atoms with Crippen molar-refractivity contribution in [1.82, 2.24) is 29.3 Å². The molecule has 2 aromatic heterocycles. The smallest absolute Gasteiger partial charge is 0.167 e. The monoisotopic (exact) mass is 373 g/mol. The fraction of sp³-hybridized carbons (Fsp3) is 0.722. The summed E-state index contributed by atoms with van der Waals surface area (Å²) in [5, 5.41) is 10.7. The van der Waals surface area contributed by atoms with Gasteiger partial charge in [0, 0.05) is 25.0 Å². The van der Waals surface area contributed by atoms with E-state index < -0.39 is 6.10 Å². The second-order valence-corrected chi connectivity index (χ2v) is 8.28. The quantitative estimate of drug-likeness (QED) is 0.788. The Morgan fingerprint density at radius 1 is 1.30 bits per heavy atom. The van der Waals surface area contributed by atoms with Crippen LogP contribution >= 0.6 is 0 Å². The summed E-state index contributed by atoms with van der Waals surface area (Å²) in [6.07, 6.45) is 6.33. The fourth-order valence-electron chi connectivity index (χ4n) is 5.15. The number of nitrogens with two attached hydrogens (primary N) is 1. The van der Waals surface area contributed by atoms with Crippen molar-refractivity contribution in [1.29, 1.82) is 0 Å². The Labute approximate surface area is 158 Å². The summed E-state index contributed by atoms with van der Waals surface area (Å²) in [4.78, 5) is 17.6. The third kappa shape index (κ3) is 2.80. The van der Waals surface area contributed by atoms with Crippen LogP contribution in [0.15, 0.2) is 12.7 Å². The topological polar surface area (TPSA) is 106 Å². The number of likely N-dealkylation sites (tertiary alicyclic amines) is 2. The number of hydrogen-bond acceptors (Lipinski definition) is 8. The summed E-state index contributed by atoms with van der Waals surface area (Å²) in [6, 6.07) is 0. The molecule has 3 aliphatic rings. The number of likely N-dealkylation sites (N-methyl/N-ethyl adjacent to an activating group) is 1. The molecular weight excluding hydrogens is 346 g/mol. The highest BCUT2D eigenvalue weighted by atomic mass is 16.5. The van der Waals surface area contributed by atoms with E-state index in [-0.39, 0.29) is 17.9 Å². The van der Waals surface area contributed by atoms with Crippen LogP contribution in [0.5, 0.6) is 0 Å². The minimum atomic E-state index is -0.497. The van der Waals surface area contributed by atoms with Crippen LogP contribution in [0.1, 0.15) is 31.9 Å². The van der Waals surface area contributed by atoms with Crippen molar-refractivity contribution in [2.45, 2.75) is 49.7 Å². The van der Waals surface area contributed by atoms with Gasteiger partial charge in [0.1, 0.15) is 18.1 Å². The van der Waals surface area contributed by atoms with E-state index >= 15 is 0 Å². The van der Waals surface area contributed by atoms with E-state index in [4.69, 9.17) is 10.5 Å². The van der Waals surface area contributed by atoms with Crippen molar-refractivity contribution in [3.63, 3.8) is 0 Å². The molecule has 2 aromatic rings. The van der Waals surface area contributed by atoms with Crippen molar-refractivity contribution in [3.8, 4) is 0 Å². The molecule has 9 nitrogen and oxygen atoms in total. The highest BCUT2D eigenvalue weighted by Crippen LogP contribution is 2.39. The summed E-state index contributed by atoms with van der Waals surface area (Å²) in [5.74, 6) is 0.359. The Morgan fingerprint density at radius 3 is 3.00 bits per heavy atom. The van der Waals surface area contributed by atoms with E-state index in [9.17, 15) is 5.11 Å². The number of imidazole rings is 1. The number of anilines is 1. The highest BCUT2D eigenvalue weighted by molar-refractivity contribution is 5.81. The number of ether oxygens (including phenoxy) is 1. The minimum absolute atomic E-state index is 0.201. The molecule has 0 aromatic carbocycles. The molecule has 0 saturated carbocycles. The normalized spacial score (nSPS) is 35.1. The van der Waals surface area contributed by atoms with Crippen LogP contribution in [-0.4, -0.2) is 85.4 Å². The lowest BCUT2D eigenvalue weighted by molar-refractivity contribution is -0.0436. The molecule has 5 heterocycles. The van der Waals surface area contributed by atoms with Gasteiger partial charge in [-0.25, -0.2) is 15.0 Å². The Bertz CT molecular complexity index is 842. The van der Waals surface area contributed by atoms with Crippen LogP contribution in [0.4, 0.5) is 5.82 Å². The van der Waals surface area contributed by atoms with Gasteiger partial charge in [0.15, 0.2) is 11.5 Å². The summed E-state index contributed by atoms with van der Waals surface area (Å²) >= 11 is 0. The molecule has 3 fully saturated rings. The number of aromatic nitrogens is 4. The van der Waals surface area contributed by atoms with Crippen molar-refractivity contribution < 1.29 is 9.84 Å². The number of aliphatic hydroxyl groups is 1. The van der Waals surface area contributed by atoms with E-state index in [2.05, 4.69) is 31.8 Å². The van der Waals surface area contributed by atoms with Gasteiger partial charge in [-0.2, -0.15) is 0 Å². The van der Waals surface area contributed by atoms with Crippen LogP contribution in [0.25, 0.3) is 11.2 Å². The van der Waals surface area contributed by atoms with E-state index in [0.717, 1.165) is 26.2 Å². The van der Waals surface area contributed by atoms with Crippen LogP contribution < -0.4 is 5.73 Å². The molecular formula is C18H27N7O2. The number of hydrogen-bond donors (Lipinski definition) is 2. The van der Waals surface area contributed by atoms with Gasteiger partial charge in [-0.1, -0.05) is 0 Å². The lowest BCUT2D eigenvalue weighted by Crippen LogP contribution is -2.50. The third-order valence-electron chi connectivity index (χ3n) is 6.57. The van der Waals surface area contributed by atoms with Gasteiger partial charge in [0.05, 0.1) is 18.5 Å². The van der Waals surface area contributed by atoms with Gasteiger partial charge in [-0.3, -0.25) is 9.47 Å². The molecule has 0 bridgehead atoms. The average molecular weight is 373 g/mol. The zero-order valence-corrected chi connectivity index (χ0v) is 15.7. The minimum Gasteiger partial charge on any atom is -0.390 e. The molecule has 0 aliphatic carbocycles. The van der Waals surface area contributed by atoms with E-state index in [1.54, 1.807) is 6.33 Å². The van der Waals surface area contributed by atoms with Gasteiger partial charge in [-0.05, 0) is 39.4 Å². The van der Waals surface area contributed by atoms with Crippen LogP contribution in [0.2, 0.25) is 0 Å². The standard InChI is InChI=1S/C18H27N7O2/c1-23-6-4-18(9-23)3-2-5-24(18)8-13-12(26)7-14(27-13)25-11-22-15-16(19)20-10-21-17(15)25/h10-14,26H,2-9H2,1H3,(H2,19,20,21). The number of rotatable bonds is 3. The number of fused-ring (bicyclic) bond motifs is 1. The molecule has 9 heteroatoms. The van der Waals surface area contributed by atoms with Gasteiger partial charge in [0.2, 0.25) is 0 Å². The first-order valence-electron chi connectivity index (χ1n) is 9.76. The number of aliphatic hydroxyl groups excluding tert-OH is 1. The maximum atomic E-state index is 10.7. The zero-order valence-electron chi connectivity index (χ0n) is 15.7. The number of nitrogen functional groups attached to an aromatic ring is 1. The van der Waals surface area contributed by atoms with Crippen molar-refractivity contribution in [2.75, 3.05) is 39.0 Å². The number of nitrogens with zero attached hydrogens (tertiary/aromatic N) is 6. The summed E-state index contributed by atoms with van der Waals surface area (Å²) in [6.45, 7) is 4.12. The molecule has 146 valence electrons. The molecule has 3 N–H and O–H groups in total. The molecule has 4 unspecified atom stereocenters. The molecule has 1 spiro atoms. The van der Waals surface area contributed by atoms with Crippen molar-refractivity contribution in [2.24, 2.45) is 0 Å². The molecule has 4 atom stereocenters. The lowest BCUT2D eigenvalue weighted by Gasteiger charge is -2.37. The van der Waals surface area contributed by atoms with Crippen molar-refractivity contribution in [3.05, 3.63) is 12.7 Å². The van der Waals surface area contributed by atoms with Crippen molar-refractivity contribution >= 4 is 17.0 Å². The van der Waals surface area contributed by atoms with Gasteiger partial charge < -0.3 is 20.5 Å². The first kappa shape index (κ1) is 17.3. The Morgan fingerprint density at radius 2 is 2.19 bits per heavy atom. The zero-order chi connectivity index (χ0) is 18.6. The van der Waals surface area contributed by atoms with E-state index in [1.165, 1.54) is 25.6 Å². The Balaban J connectivity index is 1.33. The maximum Gasteiger partial charge on any atom is 0.167 e. The average Bonchev–Trinajstić information content (AvgIpc) is 3.39. The summed E-state index contributed by atoms with van der Waals surface area (Å²) in [5.41, 5.74) is 7.37. The lowest BCUT2D eigenvalue weighted by atomic mass is 9.94. The first-order chi connectivity index (χ1) is 13.1. The Kier molecular flexibility index (Phi) is 4.08. The van der Waals surface area contributed by atoms with Gasteiger partial charge >= 0.3 is 0 Å². The van der Waals surface area contributed by atoms with Crippen LogP contribution in [0, 0.1) is 0 Å². The molecule has 5 rings (SSSR count). The van der Waals surface area contributed by atoms with E-state index in [0.29, 0.717) is 23.4 Å². The maximum absolute atomic E-state index is 10.7. The molecule has 3 aliphatic heterocycles. The summed E-state index contributed by atoms with van der Waals surface area (Å²) < 4.78 is 8.13. The SMILES string of the molecule is CN1CCC2(CCCN2CC2OC(n3cnc4c(N)ncnc43)CC2O)C1. The van der Waals surface area contributed by atoms with E-state index in [1.807, 2.05) is 4.57 Å². The third-order valence-corrected chi connectivity index (χ3v) is 6.57. The predicted molar refractivity (Wildman–Crippen MR) is 99.9 cm³/mol. The molecule has 0 radical (unpaired) electrons. The van der Waals surface area contributed by atoms with Crippen LogP contribution in [-0.2, 0) is 4.74 Å². The molecule has 3 saturated heterocycles. The second-order valence-electron chi connectivity index (χ2n) is 8.28. The fourth-order valence-corrected chi connectivity index (χ4v) is 5.15. The molecule has 27 heavy (non-hydrogen) atoms. The second kappa shape index (κ2) is 6.37. The first-order valence-corrected chi connectivity index (χ1v) is 9.76. The predicted octanol–water partition coefficient (Wildman–Crippen LogP) is 0.227. The van der Waals surface area contributed by atoms with Gasteiger partial charge in [-0.15, -0.1) is 0 Å². The summed E-state index contributed by atoms with van der Waals surface area (Å²) in [7, 11) is 2.19. The Hall–Kier alpha value is -1.81. The van der Waals surface area contributed by atoms with Crippen LogP contribution in [0.3, 0.4) is 0 Å².